The lowest BCUT2D eigenvalue weighted by Crippen LogP contribution is -2.35. The highest BCUT2D eigenvalue weighted by atomic mass is 16.3. The molecule has 3 N–H and O–H groups in total. The summed E-state index contributed by atoms with van der Waals surface area (Å²) >= 11 is 0. The average molecular weight is 363 g/mol. The summed E-state index contributed by atoms with van der Waals surface area (Å²) in [5, 5.41) is 3.24. The lowest BCUT2D eigenvalue weighted by atomic mass is 9.90. The van der Waals surface area contributed by atoms with E-state index in [9.17, 15) is 0 Å². The monoisotopic (exact) mass is 363 g/mol. The molecule has 0 bridgehead atoms. The van der Waals surface area contributed by atoms with E-state index in [1.54, 1.807) is 12.6 Å². The van der Waals surface area contributed by atoms with Crippen LogP contribution in [-0.4, -0.2) is 23.1 Å². The number of rotatable bonds is 6. The van der Waals surface area contributed by atoms with Crippen molar-refractivity contribution in [3.63, 3.8) is 0 Å². The highest BCUT2D eigenvalue weighted by Gasteiger charge is 2.23. The Hall–Kier alpha value is -3.02. The van der Waals surface area contributed by atoms with Crippen LogP contribution in [-0.2, 0) is 13.0 Å². The first-order valence-corrected chi connectivity index (χ1v) is 9.45. The highest BCUT2D eigenvalue weighted by molar-refractivity contribution is 5.74. The third kappa shape index (κ3) is 4.22. The van der Waals surface area contributed by atoms with E-state index < -0.39 is 0 Å². The Labute approximate surface area is 159 Å². The molecular weight excluding hydrogens is 338 g/mol. The Kier molecular flexibility index (Phi) is 5.23. The van der Waals surface area contributed by atoms with Crippen molar-refractivity contribution in [1.82, 2.24) is 9.97 Å². The fraction of sp³-hybridized carbons (Fsp3) is 0.333. The van der Waals surface area contributed by atoms with Gasteiger partial charge in [0, 0.05) is 13.1 Å². The maximum atomic E-state index is 6.35. The van der Waals surface area contributed by atoms with Crippen LogP contribution >= 0.6 is 0 Å². The molecule has 0 amide bonds. The molecule has 4 rings (SSSR count). The van der Waals surface area contributed by atoms with Crippen LogP contribution in [0, 0.1) is 5.92 Å². The van der Waals surface area contributed by atoms with E-state index >= 15 is 0 Å². The number of anilines is 3. The minimum atomic E-state index is 0.548. The molecule has 6 heteroatoms. The number of nitrogen functional groups attached to an aromatic ring is 1. The molecule has 1 aliphatic heterocycles. The molecule has 0 saturated carbocycles. The first-order valence-electron chi connectivity index (χ1n) is 9.45. The van der Waals surface area contributed by atoms with E-state index in [0.29, 0.717) is 24.0 Å². The number of piperidine rings is 1. The van der Waals surface area contributed by atoms with Gasteiger partial charge in [-0.3, -0.25) is 0 Å². The summed E-state index contributed by atoms with van der Waals surface area (Å²) in [4.78, 5) is 11.0. The molecule has 0 aliphatic carbocycles. The van der Waals surface area contributed by atoms with Crippen molar-refractivity contribution in [3.05, 3.63) is 66.4 Å². The van der Waals surface area contributed by atoms with Gasteiger partial charge in [0.25, 0.3) is 0 Å². The van der Waals surface area contributed by atoms with Crippen molar-refractivity contribution >= 4 is 17.3 Å². The van der Waals surface area contributed by atoms with Gasteiger partial charge in [-0.25, -0.2) is 9.97 Å². The lowest BCUT2D eigenvalue weighted by Gasteiger charge is -2.33. The summed E-state index contributed by atoms with van der Waals surface area (Å²) in [5.74, 6) is 3.03. The molecule has 1 saturated heterocycles. The van der Waals surface area contributed by atoms with E-state index in [1.165, 1.54) is 5.56 Å². The number of hydrogen-bond acceptors (Lipinski definition) is 6. The third-order valence-corrected chi connectivity index (χ3v) is 5.15. The first kappa shape index (κ1) is 17.4. The van der Waals surface area contributed by atoms with Gasteiger partial charge in [-0.2, -0.15) is 0 Å². The average Bonchev–Trinajstić information content (AvgIpc) is 3.22. The summed E-state index contributed by atoms with van der Waals surface area (Å²) in [5.41, 5.74) is 8.37. The van der Waals surface area contributed by atoms with Gasteiger partial charge in [0.2, 0.25) is 0 Å². The number of furan rings is 1. The van der Waals surface area contributed by atoms with E-state index in [-0.39, 0.29) is 0 Å². The largest absolute Gasteiger partial charge is 0.467 e. The molecule has 0 spiro atoms. The maximum absolute atomic E-state index is 6.35. The Balaban J connectivity index is 1.37. The SMILES string of the molecule is Nc1c(NCc2ccco2)ncnc1N1CCC(Cc2ccccc2)CC1. The smallest absolute Gasteiger partial charge is 0.157 e. The topological polar surface area (TPSA) is 80.2 Å². The van der Waals surface area contributed by atoms with Gasteiger partial charge in [0.1, 0.15) is 17.8 Å². The Morgan fingerprint density at radius 1 is 1.07 bits per heavy atom. The molecule has 0 unspecified atom stereocenters. The summed E-state index contributed by atoms with van der Waals surface area (Å²) < 4.78 is 5.35. The standard InChI is InChI=1S/C21H25N5O/c22-19-20(23-14-18-7-4-12-27-18)24-15-25-21(19)26-10-8-17(9-11-26)13-16-5-2-1-3-6-16/h1-7,12,15,17H,8-11,13-14,22H2,(H,23,24,25). The normalized spacial score (nSPS) is 15.0. The van der Waals surface area contributed by atoms with Crippen LogP contribution in [0.3, 0.4) is 0 Å². The minimum Gasteiger partial charge on any atom is -0.467 e. The maximum Gasteiger partial charge on any atom is 0.157 e. The van der Waals surface area contributed by atoms with Crippen molar-refractivity contribution in [1.29, 1.82) is 0 Å². The number of nitrogens with two attached hydrogens (primary N) is 1. The summed E-state index contributed by atoms with van der Waals surface area (Å²) in [7, 11) is 0. The predicted molar refractivity (Wildman–Crippen MR) is 108 cm³/mol. The molecular formula is C21H25N5O. The second-order valence-electron chi connectivity index (χ2n) is 7.01. The van der Waals surface area contributed by atoms with Gasteiger partial charge >= 0.3 is 0 Å². The Morgan fingerprint density at radius 2 is 1.89 bits per heavy atom. The van der Waals surface area contributed by atoms with E-state index in [2.05, 4.69) is 50.5 Å². The van der Waals surface area contributed by atoms with Gasteiger partial charge in [-0.05, 0) is 42.9 Å². The fourth-order valence-corrected chi connectivity index (χ4v) is 3.66. The number of benzene rings is 1. The molecule has 0 atom stereocenters. The molecule has 6 nitrogen and oxygen atoms in total. The van der Waals surface area contributed by atoms with E-state index in [4.69, 9.17) is 10.2 Å². The number of aromatic nitrogens is 2. The van der Waals surface area contributed by atoms with Crippen LogP contribution in [0.1, 0.15) is 24.2 Å². The molecule has 2 aromatic heterocycles. The van der Waals surface area contributed by atoms with Crippen LogP contribution in [0.2, 0.25) is 0 Å². The highest BCUT2D eigenvalue weighted by Crippen LogP contribution is 2.30. The van der Waals surface area contributed by atoms with Crippen molar-refractivity contribution in [2.75, 3.05) is 29.0 Å². The number of hydrogen-bond donors (Lipinski definition) is 2. The summed E-state index contributed by atoms with van der Waals surface area (Å²) in [6.07, 6.45) is 6.67. The van der Waals surface area contributed by atoms with Crippen LogP contribution < -0.4 is 16.0 Å². The molecule has 1 aliphatic rings. The Morgan fingerprint density at radius 3 is 2.63 bits per heavy atom. The zero-order valence-corrected chi connectivity index (χ0v) is 15.3. The zero-order chi connectivity index (χ0) is 18.5. The van der Waals surface area contributed by atoms with Gasteiger partial charge in [0.15, 0.2) is 11.6 Å². The summed E-state index contributed by atoms with van der Waals surface area (Å²) in [6.45, 7) is 2.49. The molecule has 3 aromatic rings. The van der Waals surface area contributed by atoms with Gasteiger partial charge in [0.05, 0.1) is 12.8 Å². The molecule has 3 heterocycles. The minimum absolute atomic E-state index is 0.548. The van der Waals surface area contributed by atoms with Gasteiger partial charge in [-0.1, -0.05) is 30.3 Å². The summed E-state index contributed by atoms with van der Waals surface area (Å²) in [6, 6.07) is 14.5. The number of nitrogens with zero attached hydrogens (tertiary/aromatic N) is 3. The van der Waals surface area contributed by atoms with Gasteiger partial charge in [-0.15, -0.1) is 0 Å². The predicted octanol–water partition coefficient (Wildman–Crippen LogP) is 3.72. The molecule has 0 radical (unpaired) electrons. The van der Waals surface area contributed by atoms with Crippen LogP contribution in [0.25, 0.3) is 0 Å². The number of nitrogens with one attached hydrogen (secondary N) is 1. The molecule has 1 fully saturated rings. The zero-order valence-electron chi connectivity index (χ0n) is 15.3. The van der Waals surface area contributed by atoms with Crippen molar-refractivity contribution < 1.29 is 4.42 Å². The van der Waals surface area contributed by atoms with Crippen LogP contribution in [0.15, 0.2) is 59.5 Å². The first-order chi connectivity index (χ1) is 13.3. The van der Waals surface area contributed by atoms with Crippen molar-refractivity contribution in [3.8, 4) is 0 Å². The van der Waals surface area contributed by atoms with E-state index in [1.807, 2.05) is 12.1 Å². The van der Waals surface area contributed by atoms with Crippen LogP contribution in [0.5, 0.6) is 0 Å². The fourth-order valence-electron chi connectivity index (χ4n) is 3.66. The molecule has 140 valence electrons. The van der Waals surface area contributed by atoms with Crippen LogP contribution in [0.4, 0.5) is 17.3 Å². The molecule has 1 aromatic carbocycles. The van der Waals surface area contributed by atoms with Crippen molar-refractivity contribution in [2.24, 2.45) is 5.92 Å². The third-order valence-electron chi connectivity index (χ3n) is 5.15. The second kappa shape index (κ2) is 8.12. The van der Waals surface area contributed by atoms with Gasteiger partial charge < -0.3 is 20.4 Å². The lowest BCUT2D eigenvalue weighted by molar-refractivity contribution is 0.402. The van der Waals surface area contributed by atoms with Crippen molar-refractivity contribution in [2.45, 2.75) is 25.8 Å². The quantitative estimate of drug-likeness (QED) is 0.695. The Bertz CT molecular complexity index is 842. The molecule has 27 heavy (non-hydrogen) atoms. The second-order valence-corrected chi connectivity index (χ2v) is 7.01. The van der Waals surface area contributed by atoms with E-state index in [0.717, 1.165) is 43.9 Å².